The summed E-state index contributed by atoms with van der Waals surface area (Å²) in [6.07, 6.45) is 1.22. The molecule has 0 N–H and O–H groups in total. The Morgan fingerprint density at radius 2 is 2.13 bits per heavy atom. The van der Waals surface area contributed by atoms with E-state index >= 15 is 0 Å². The molecule has 2 aliphatic rings. The number of halogens is 1. The van der Waals surface area contributed by atoms with E-state index in [0.29, 0.717) is 35.3 Å². The lowest BCUT2D eigenvalue weighted by molar-refractivity contribution is 0.0656. The summed E-state index contributed by atoms with van der Waals surface area (Å²) in [5.41, 5.74) is 0.509. The Balaban J connectivity index is 1.62. The number of piperidine rings is 1. The molecular weight excluding hydrogens is 340 g/mol. The Morgan fingerprint density at radius 1 is 1.43 bits per heavy atom. The molecule has 1 unspecified atom stereocenters. The van der Waals surface area contributed by atoms with Crippen molar-refractivity contribution < 1.29 is 19.1 Å². The Bertz CT molecular complexity index is 613. The topological polar surface area (TPSA) is 59.1 Å². The molecule has 126 valence electrons. The van der Waals surface area contributed by atoms with Crippen LogP contribution in [0, 0.1) is 0 Å². The predicted molar refractivity (Wildman–Crippen MR) is 87.5 cm³/mol. The van der Waals surface area contributed by atoms with Gasteiger partial charge in [0.15, 0.2) is 5.75 Å². The van der Waals surface area contributed by atoms with Gasteiger partial charge in [-0.1, -0.05) is 11.6 Å². The second-order valence-corrected chi connectivity index (χ2v) is 7.31. The summed E-state index contributed by atoms with van der Waals surface area (Å²) in [7, 11) is 1.51. The molecule has 0 saturated carbocycles. The lowest BCUT2D eigenvalue weighted by Gasteiger charge is -2.35. The summed E-state index contributed by atoms with van der Waals surface area (Å²) in [4.78, 5) is 28.0. The molecule has 6 nitrogen and oxygen atoms in total. The summed E-state index contributed by atoms with van der Waals surface area (Å²) in [5, 5.41) is 1.73. The van der Waals surface area contributed by atoms with Crippen molar-refractivity contribution in [1.29, 1.82) is 0 Å². The summed E-state index contributed by atoms with van der Waals surface area (Å²) in [6.45, 7) is 3.74. The van der Waals surface area contributed by atoms with E-state index in [9.17, 15) is 9.59 Å². The van der Waals surface area contributed by atoms with Gasteiger partial charge >= 0.3 is 6.09 Å². The molecule has 0 aromatic carbocycles. The van der Waals surface area contributed by atoms with E-state index in [-0.39, 0.29) is 24.1 Å². The molecule has 1 atom stereocenters. The highest BCUT2D eigenvalue weighted by Gasteiger charge is 2.36. The fourth-order valence-corrected chi connectivity index (χ4v) is 4.18. The van der Waals surface area contributed by atoms with Gasteiger partial charge in [-0.05, 0) is 19.8 Å². The molecule has 2 amide bonds. The van der Waals surface area contributed by atoms with Crippen LogP contribution >= 0.6 is 22.9 Å². The van der Waals surface area contributed by atoms with Crippen LogP contribution in [0.5, 0.6) is 5.75 Å². The number of cyclic esters (lactones) is 1. The van der Waals surface area contributed by atoms with Gasteiger partial charge in [-0.3, -0.25) is 4.79 Å². The van der Waals surface area contributed by atoms with E-state index in [1.54, 1.807) is 15.2 Å². The van der Waals surface area contributed by atoms with Gasteiger partial charge in [0.1, 0.15) is 10.4 Å². The molecule has 3 rings (SSSR count). The Kier molecular flexibility index (Phi) is 4.68. The number of hydrogen-bond donors (Lipinski definition) is 0. The van der Waals surface area contributed by atoms with Crippen molar-refractivity contribution in [3.8, 4) is 5.75 Å². The van der Waals surface area contributed by atoms with E-state index < -0.39 is 0 Å². The number of hydrogen-bond acceptors (Lipinski definition) is 5. The first-order valence-electron chi connectivity index (χ1n) is 7.58. The maximum atomic E-state index is 12.6. The number of carbonyl (C=O) groups is 2. The number of ether oxygens (including phenoxy) is 2. The number of nitrogens with zero attached hydrogens (tertiary/aromatic N) is 2. The third-order valence-electron chi connectivity index (χ3n) is 4.32. The second kappa shape index (κ2) is 6.57. The maximum Gasteiger partial charge on any atom is 0.410 e. The fourth-order valence-electron chi connectivity index (χ4n) is 3.14. The van der Waals surface area contributed by atoms with E-state index in [4.69, 9.17) is 21.1 Å². The first kappa shape index (κ1) is 16.4. The maximum absolute atomic E-state index is 12.6. The van der Waals surface area contributed by atoms with E-state index in [1.165, 1.54) is 18.4 Å². The summed E-state index contributed by atoms with van der Waals surface area (Å²) in [5.74, 6) is 0.376. The minimum atomic E-state index is -0.242. The molecule has 2 saturated heterocycles. The zero-order chi connectivity index (χ0) is 16.6. The minimum Gasteiger partial charge on any atom is -0.493 e. The summed E-state index contributed by atoms with van der Waals surface area (Å²) >= 11 is 7.32. The first-order chi connectivity index (χ1) is 11.0. The number of carbonyl (C=O) groups excluding carboxylic acids is 2. The highest BCUT2D eigenvalue weighted by atomic mass is 35.5. The van der Waals surface area contributed by atoms with E-state index in [2.05, 4.69) is 0 Å². The minimum absolute atomic E-state index is 0.0561. The lowest BCUT2D eigenvalue weighted by atomic mass is 10.0. The van der Waals surface area contributed by atoms with Gasteiger partial charge in [0.05, 0.1) is 19.2 Å². The normalized spacial score (nSPS) is 22.4. The standard InChI is InChI=1S/C15H19ClN2O4S/c1-9-7-18(15(20)22-9)10-3-5-17(6-4-10)14(19)11-8-23-13(16)12(11)21-2/h8-10H,3-7H2,1-2H3. The molecule has 1 aromatic heterocycles. The zero-order valence-electron chi connectivity index (χ0n) is 13.1. The second-order valence-electron chi connectivity index (χ2n) is 5.83. The highest BCUT2D eigenvalue weighted by molar-refractivity contribution is 7.15. The van der Waals surface area contributed by atoms with Gasteiger partial charge in [0.25, 0.3) is 5.91 Å². The average Bonchev–Trinajstić information content (AvgIpc) is 3.08. The number of rotatable bonds is 3. The molecular formula is C15H19ClN2O4S. The van der Waals surface area contributed by atoms with Crippen molar-refractivity contribution in [2.45, 2.75) is 31.9 Å². The largest absolute Gasteiger partial charge is 0.493 e. The third kappa shape index (κ3) is 3.12. The van der Waals surface area contributed by atoms with Crippen molar-refractivity contribution in [1.82, 2.24) is 9.80 Å². The number of methoxy groups -OCH3 is 1. The van der Waals surface area contributed by atoms with Crippen LogP contribution in [0.15, 0.2) is 5.38 Å². The quantitative estimate of drug-likeness (QED) is 0.833. The molecule has 0 bridgehead atoms. The predicted octanol–water partition coefficient (Wildman–Crippen LogP) is 2.86. The van der Waals surface area contributed by atoms with Gasteiger partial charge in [0, 0.05) is 24.5 Å². The van der Waals surface area contributed by atoms with Crippen LogP contribution in [0.4, 0.5) is 4.79 Å². The van der Waals surface area contributed by atoms with Gasteiger partial charge in [-0.2, -0.15) is 0 Å². The number of likely N-dealkylation sites (tertiary alicyclic amines) is 1. The molecule has 0 spiro atoms. The molecule has 23 heavy (non-hydrogen) atoms. The van der Waals surface area contributed by atoms with Crippen molar-refractivity contribution in [3.63, 3.8) is 0 Å². The van der Waals surface area contributed by atoms with Gasteiger partial charge in [0.2, 0.25) is 0 Å². The molecule has 8 heteroatoms. The van der Waals surface area contributed by atoms with Crippen LogP contribution in [0.2, 0.25) is 4.34 Å². The lowest BCUT2D eigenvalue weighted by Crippen LogP contribution is -2.47. The molecule has 0 radical (unpaired) electrons. The van der Waals surface area contributed by atoms with Crippen LogP contribution in [0.3, 0.4) is 0 Å². The van der Waals surface area contributed by atoms with Gasteiger partial charge in [-0.15, -0.1) is 11.3 Å². The molecule has 2 aliphatic heterocycles. The fraction of sp³-hybridized carbons (Fsp3) is 0.600. The van der Waals surface area contributed by atoms with Crippen LogP contribution in [0.1, 0.15) is 30.1 Å². The number of thiophene rings is 1. The SMILES string of the molecule is COc1c(C(=O)N2CCC(N3CC(C)OC3=O)CC2)csc1Cl. The van der Waals surface area contributed by atoms with Crippen LogP contribution in [-0.2, 0) is 4.74 Å². The monoisotopic (exact) mass is 358 g/mol. The third-order valence-corrected chi connectivity index (χ3v) is 5.51. The molecule has 1 aromatic rings. The van der Waals surface area contributed by atoms with Gasteiger partial charge in [-0.25, -0.2) is 4.79 Å². The Morgan fingerprint density at radius 3 is 2.70 bits per heavy atom. The van der Waals surface area contributed by atoms with E-state index in [0.717, 1.165) is 12.8 Å². The molecule has 3 heterocycles. The first-order valence-corrected chi connectivity index (χ1v) is 8.84. The molecule has 2 fully saturated rings. The number of amides is 2. The van der Waals surface area contributed by atoms with Crippen LogP contribution < -0.4 is 4.74 Å². The van der Waals surface area contributed by atoms with Gasteiger partial charge < -0.3 is 19.3 Å². The van der Waals surface area contributed by atoms with Crippen molar-refractivity contribution >= 4 is 34.9 Å². The van der Waals surface area contributed by atoms with E-state index in [1.807, 2.05) is 6.92 Å². The van der Waals surface area contributed by atoms with Crippen molar-refractivity contribution in [2.24, 2.45) is 0 Å². The highest BCUT2D eigenvalue weighted by Crippen LogP contribution is 2.36. The Labute approximate surface area is 143 Å². The molecule has 0 aliphatic carbocycles. The zero-order valence-corrected chi connectivity index (χ0v) is 14.7. The smallest absolute Gasteiger partial charge is 0.410 e. The summed E-state index contributed by atoms with van der Waals surface area (Å²) in [6, 6.07) is 0.143. The van der Waals surface area contributed by atoms with Crippen molar-refractivity contribution in [3.05, 3.63) is 15.3 Å². The summed E-state index contributed by atoms with van der Waals surface area (Å²) < 4.78 is 10.9. The van der Waals surface area contributed by atoms with Crippen LogP contribution in [0.25, 0.3) is 0 Å². The van der Waals surface area contributed by atoms with Crippen LogP contribution in [-0.4, -0.2) is 60.7 Å². The Hall–Kier alpha value is -1.47. The average molecular weight is 359 g/mol. The van der Waals surface area contributed by atoms with Crippen molar-refractivity contribution in [2.75, 3.05) is 26.7 Å².